The van der Waals surface area contributed by atoms with Gasteiger partial charge in [0.15, 0.2) is 0 Å². The standard InChI is InChI=1S/C17H19NO3/c1-2-14(19)12-18-17(20)13-8-10-16(11-9-13)21-15-6-4-3-5-7-15/h3-11,14,19H,2,12H2,1H3,(H,18,20). The molecule has 2 rings (SSSR count). The highest BCUT2D eigenvalue weighted by Crippen LogP contribution is 2.21. The number of carbonyl (C=O) groups is 1. The molecule has 1 atom stereocenters. The number of ether oxygens (including phenoxy) is 1. The first kappa shape index (κ1) is 15.1. The van der Waals surface area contributed by atoms with Gasteiger partial charge in [0.2, 0.25) is 0 Å². The smallest absolute Gasteiger partial charge is 0.251 e. The average Bonchev–Trinajstić information content (AvgIpc) is 2.54. The summed E-state index contributed by atoms with van der Waals surface area (Å²) < 4.78 is 5.66. The van der Waals surface area contributed by atoms with E-state index in [0.717, 1.165) is 5.75 Å². The van der Waals surface area contributed by atoms with Crippen LogP contribution in [0.25, 0.3) is 0 Å². The number of benzene rings is 2. The minimum Gasteiger partial charge on any atom is -0.457 e. The lowest BCUT2D eigenvalue weighted by Gasteiger charge is -2.10. The van der Waals surface area contributed by atoms with Gasteiger partial charge in [-0.1, -0.05) is 25.1 Å². The fourth-order valence-electron chi connectivity index (χ4n) is 1.76. The number of nitrogens with one attached hydrogen (secondary N) is 1. The Morgan fingerprint density at radius 3 is 2.33 bits per heavy atom. The highest BCUT2D eigenvalue weighted by molar-refractivity contribution is 5.94. The molecule has 0 aromatic heterocycles. The Bertz CT molecular complexity index is 566. The lowest BCUT2D eigenvalue weighted by molar-refractivity contribution is 0.0914. The molecule has 21 heavy (non-hydrogen) atoms. The summed E-state index contributed by atoms with van der Waals surface area (Å²) in [7, 11) is 0. The average molecular weight is 285 g/mol. The van der Waals surface area contributed by atoms with Crippen molar-refractivity contribution in [2.45, 2.75) is 19.4 Å². The molecule has 0 saturated carbocycles. The van der Waals surface area contributed by atoms with Crippen LogP contribution in [-0.4, -0.2) is 23.7 Å². The van der Waals surface area contributed by atoms with Crippen molar-refractivity contribution in [1.82, 2.24) is 5.32 Å². The van der Waals surface area contributed by atoms with Gasteiger partial charge in [0, 0.05) is 12.1 Å². The van der Waals surface area contributed by atoms with Gasteiger partial charge in [-0.05, 0) is 42.8 Å². The molecule has 0 aliphatic carbocycles. The molecule has 0 heterocycles. The topological polar surface area (TPSA) is 58.6 Å². The minimum absolute atomic E-state index is 0.200. The Kier molecular flexibility index (Phi) is 5.35. The van der Waals surface area contributed by atoms with Crippen molar-refractivity contribution in [1.29, 1.82) is 0 Å². The first-order valence-electron chi connectivity index (χ1n) is 6.98. The van der Waals surface area contributed by atoms with E-state index in [1.165, 1.54) is 0 Å². The zero-order valence-corrected chi connectivity index (χ0v) is 12.0. The number of amides is 1. The molecule has 0 bridgehead atoms. The molecule has 2 N–H and O–H groups in total. The van der Waals surface area contributed by atoms with Crippen molar-refractivity contribution in [2.24, 2.45) is 0 Å². The van der Waals surface area contributed by atoms with Gasteiger partial charge in [-0.3, -0.25) is 4.79 Å². The Hall–Kier alpha value is -2.33. The molecule has 0 fully saturated rings. The highest BCUT2D eigenvalue weighted by atomic mass is 16.5. The molecule has 0 saturated heterocycles. The van der Waals surface area contributed by atoms with E-state index < -0.39 is 6.10 Å². The monoisotopic (exact) mass is 285 g/mol. The minimum atomic E-state index is -0.505. The molecule has 1 unspecified atom stereocenters. The Morgan fingerprint density at radius 1 is 1.10 bits per heavy atom. The van der Waals surface area contributed by atoms with Gasteiger partial charge >= 0.3 is 0 Å². The molecule has 2 aromatic rings. The van der Waals surface area contributed by atoms with E-state index in [2.05, 4.69) is 5.32 Å². The summed E-state index contributed by atoms with van der Waals surface area (Å²) in [5, 5.41) is 12.1. The molecule has 4 nitrogen and oxygen atoms in total. The highest BCUT2D eigenvalue weighted by Gasteiger charge is 2.08. The summed E-state index contributed by atoms with van der Waals surface area (Å²) in [6, 6.07) is 16.4. The van der Waals surface area contributed by atoms with Crippen LogP contribution in [-0.2, 0) is 0 Å². The number of aliphatic hydroxyl groups is 1. The largest absolute Gasteiger partial charge is 0.457 e. The third-order valence-electron chi connectivity index (χ3n) is 3.06. The molecule has 1 amide bonds. The summed E-state index contributed by atoms with van der Waals surface area (Å²) in [5.74, 6) is 1.22. The maximum atomic E-state index is 11.9. The van der Waals surface area contributed by atoms with Gasteiger partial charge in [0.05, 0.1) is 6.10 Å². The van der Waals surface area contributed by atoms with Crippen molar-refractivity contribution in [3.8, 4) is 11.5 Å². The Balaban J connectivity index is 1.94. The van der Waals surface area contributed by atoms with Gasteiger partial charge in [-0.2, -0.15) is 0 Å². The van der Waals surface area contributed by atoms with Gasteiger partial charge in [0.1, 0.15) is 11.5 Å². The number of hydrogen-bond donors (Lipinski definition) is 2. The summed E-state index contributed by atoms with van der Waals surface area (Å²) in [6.07, 6.45) is 0.110. The summed E-state index contributed by atoms with van der Waals surface area (Å²) in [6.45, 7) is 2.13. The maximum Gasteiger partial charge on any atom is 0.251 e. The zero-order valence-electron chi connectivity index (χ0n) is 12.0. The number of para-hydroxylation sites is 1. The van der Waals surface area contributed by atoms with Crippen LogP contribution in [0.4, 0.5) is 0 Å². The van der Waals surface area contributed by atoms with Crippen LogP contribution < -0.4 is 10.1 Å². The molecule has 0 aliphatic heterocycles. The van der Waals surface area contributed by atoms with Crippen LogP contribution in [0.5, 0.6) is 11.5 Å². The van der Waals surface area contributed by atoms with E-state index >= 15 is 0 Å². The quantitative estimate of drug-likeness (QED) is 0.858. The van der Waals surface area contributed by atoms with Crippen LogP contribution in [0.3, 0.4) is 0 Å². The second-order valence-electron chi connectivity index (χ2n) is 4.71. The Morgan fingerprint density at radius 2 is 1.71 bits per heavy atom. The number of rotatable bonds is 6. The predicted molar refractivity (Wildman–Crippen MR) is 81.6 cm³/mol. The van der Waals surface area contributed by atoms with E-state index in [0.29, 0.717) is 17.7 Å². The second kappa shape index (κ2) is 7.45. The molecule has 0 radical (unpaired) electrons. The van der Waals surface area contributed by atoms with Crippen LogP contribution in [0.15, 0.2) is 54.6 Å². The van der Waals surface area contributed by atoms with E-state index in [1.807, 2.05) is 37.3 Å². The number of hydrogen-bond acceptors (Lipinski definition) is 3. The van der Waals surface area contributed by atoms with Gasteiger partial charge in [-0.25, -0.2) is 0 Å². The summed E-state index contributed by atoms with van der Waals surface area (Å²) in [5.41, 5.74) is 0.540. The van der Waals surface area contributed by atoms with E-state index in [4.69, 9.17) is 4.74 Å². The van der Waals surface area contributed by atoms with Crippen molar-refractivity contribution in [3.05, 3.63) is 60.2 Å². The van der Waals surface area contributed by atoms with Crippen molar-refractivity contribution < 1.29 is 14.6 Å². The van der Waals surface area contributed by atoms with E-state index in [9.17, 15) is 9.90 Å². The SMILES string of the molecule is CCC(O)CNC(=O)c1ccc(Oc2ccccc2)cc1. The molecular weight excluding hydrogens is 266 g/mol. The first-order valence-corrected chi connectivity index (χ1v) is 6.98. The molecule has 110 valence electrons. The van der Waals surface area contributed by atoms with Crippen molar-refractivity contribution in [2.75, 3.05) is 6.54 Å². The molecule has 0 spiro atoms. The summed E-state index contributed by atoms with van der Waals surface area (Å²) in [4.78, 5) is 11.9. The Labute approximate surface area is 124 Å². The summed E-state index contributed by atoms with van der Waals surface area (Å²) >= 11 is 0. The van der Waals surface area contributed by atoms with Crippen LogP contribution in [0.1, 0.15) is 23.7 Å². The lowest BCUT2D eigenvalue weighted by Crippen LogP contribution is -2.31. The number of aliphatic hydroxyl groups excluding tert-OH is 1. The van der Waals surface area contributed by atoms with E-state index in [-0.39, 0.29) is 12.5 Å². The normalized spacial score (nSPS) is 11.7. The maximum absolute atomic E-state index is 11.9. The molecule has 2 aromatic carbocycles. The predicted octanol–water partition coefficient (Wildman–Crippen LogP) is 2.98. The van der Waals surface area contributed by atoms with Crippen molar-refractivity contribution in [3.63, 3.8) is 0 Å². The van der Waals surface area contributed by atoms with Crippen LogP contribution >= 0.6 is 0 Å². The van der Waals surface area contributed by atoms with E-state index in [1.54, 1.807) is 24.3 Å². The van der Waals surface area contributed by atoms with Crippen LogP contribution in [0.2, 0.25) is 0 Å². The fraction of sp³-hybridized carbons (Fsp3) is 0.235. The molecule has 4 heteroatoms. The second-order valence-corrected chi connectivity index (χ2v) is 4.71. The zero-order chi connectivity index (χ0) is 15.1. The third-order valence-corrected chi connectivity index (χ3v) is 3.06. The van der Waals surface area contributed by atoms with Gasteiger partial charge in [0.25, 0.3) is 5.91 Å². The molecular formula is C17H19NO3. The van der Waals surface area contributed by atoms with Crippen molar-refractivity contribution >= 4 is 5.91 Å². The van der Waals surface area contributed by atoms with Crippen LogP contribution in [0, 0.1) is 0 Å². The van der Waals surface area contributed by atoms with Gasteiger partial charge < -0.3 is 15.2 Å². The van der Waals surface area contributed by atoms with Gasteiger partial charge in [-0.15, -0.1) is 0 Å². The fourth-order valence-corrected chi connectivity index (χ4v) is 1.76. The third kappa shape index (κ3) is 4.61. The lowest BCUT2D eigenvalue weighted by atomic mass is 10.2. The first-order chi connectivity index (χ1) is 10.2. The number of carbonyl (C=O) groups excluding carboxylic acids is 1. The molecule has 0 aliphatic rings.